The minimum atomic E-state index is 0.541. The normalized spacial score (nSPS) is 11.0. The number of rotatable bonds is 5. The Kier molecular flexibility index (Phi) is 4.27. The van der Waals surface area contributed by atoms with Gasteiger partial charge in [0.1, 0.15) is 22.5 Å². The monoisotopic (exact) mass is 321 g/mol. The Morgan fingerprint density at radius 2 is 1.76 bits per heavy atom. The fourth-order valence-corrected chi connectivity index (χ4v) is 2.25. The number of ether oxygens (including phenoxy) is 1. The summed E-state index contributed by atoms with van der Waals surface area (Å²) in [5, 5.41) is 9.52. The van der Waals surface area contributed by atoms with Gasteiger partial charge in [-0.05, 0) is 36.8 Å². The second-order valence-corrected chi connectivity index (χ2v) is 5.30. The first kappa shape index (κ1) is 14.2. The Labute approximate surface area is 132 Å². The molecule has 3 rings (SSSR count). The zero-order valence-corrected chi connectivity index (χ0v) is 12.7. The van der Waals surface area contributed by atoms with Crippen molar-refractivity contribution in [3.8, 4) is 11.4 Å². The van der Waals surface area contributed by atoms with Gasteiger partial charge in [0.2, 0.25) is 0 Å². The summed E-state index contributed by atoms with van der Waals surface area (Å²) in [5.41, 5.74) is 2.36. The van der Waals surface area contributed by atoms with Gasteiger partial charge in [-0.3, -0.25) is 0 Å². The number of aromatic nitrogens is 3. The second kappa shape index (κ2) is 6.33. The van der Waals surface area contributed by atoms with Crippen LogP contribution in [0, 0.1) is 0 Å². The maximum Gasteiger partial charge on any atom is 0.146 e. The van der Waals surface area contributed by atoms with Gasteiger partial charge in [-0.1, -0.05) is 23.7 Å². The van der Waals surface area contributed by atoms with Crippen LogP contribution in [0.15, 0.2) is 42.5 Å². The summed E-state index contributed by atoms with van der Waals surface area (Å²) in [5.74, 6) is 1.25. The first-order chi connectivity index (χ1) is 10.3. The van der Waals surface area contributed by atoms with E-state index < -0.39 is 0 Å². The maximum atomic E-state index is 6.08. The van der Waals surface area contributed by atoms with E-state index in [1.165, 1.54) is 0 Å². The molecule has 0 aliphatic carbocycles. The standard InChI is InChI=1S/C15H13Cl2N3O/c16-8-3-9-21-15-7-6-11(17)10-14(15)20-18-12-4-1-2-5-13(12)19-20/h1-2,4-7,10H,3,8-9H2. The van der Waals surface area contributed by atoms with E-state index in [-0.39, 0.29) is 0 Å². The van der Waals surface area contributed by atoms with Crippen molar-refractivity contribution in [2.24, 2.45) is 0 Å². The predicted octanol–water partition coefficient (Wildman–Crippen LogP) is 4.08. The number of nitrogens with zero attached hydrogens (tertiary/aromatic N) is 3. The highest BCUT2D eigenvalue weighted by Gasteiger charge is 2.11. The fraction of sp³-hybridized carbons (Fsp3) is 0.200. The van der Waals surface area contributed by atoms with Crippen LogP contribution < -0.4 is 4.74 Å². The lowest BCUT2D eigenvalue weighted by Gasteiger charge is -2.10. The Hall–Kier alpha value is -1.78. The van der Waals surface area contributed by atoms with Gasteiger partial charge in [-0.2, -0.15) is 0 Å². The minimum absolute atomic E-state index is 0.541. The van der Waals surface area contributed by atoms with Crippen molar-refractivity contribution in [1.29, 1.82) is 0 Å². The number of benzene rings is 2. The summed E-state index contributed by atoms with van der Waals surface area (Å²) >= 11 is 11.8. The Morgan fingerprint density at radius 1 is 1.05 bits per heavy atom. The highest BCUT2D eigenvalue weighted by Crippen LogP contribution is 2.26. The summed E-state index contributed by atoms with van der Waals surface area (Å²) in [6, 6.07) is 13.1. The molecule has 0 unspecified atom stereocenters. The van der Waals surface area contributed by atoms with Crippen LogP contribution >= 0.6 is 23.2 Å². The molecule has 1 heterocycles. The highest BCUT2D eigenvalue weighted by atomic mass is 35.5. The van der Waals surface area contributed by atoms with Crippen LogP contribution in [0.3, 0.4) is 0 Å². The lowest BCUT2D eigenvalue weighted by molar-refractivity contribution is 0.316. The van der Waals surface area contributed by atoms with Crippen LogP contribution in [0.2, 0.25) is 5.02 Å². The Morgan fingerprint density at radius 3 is 2.43 bits per heavy atom. The minimum Gasteiger partial charge on any atom is -0.491 e. The van der Waals surface area contributed by atoms with Crippen molar-refractivity contribution in [3.63, 3.8) is 0 Å². The molecule has 0 atom stereocenters. The number of alkyl halides is 1. The average molecular weight is 322 g/mol. The molecule has 108 valence electrons. The van der Waals surface area contributed by atoms with Gasteiger partial charge in [0.05, 0.1) is 6.61 Å². The van der Waals surface area contributed by atoms with E-state index in [1.54, 1.807) is 16.9 Å². The molecule has 0 bridgehead atoms. The molecule has 0 saturated heterocycles. The molecule has 1 aromatic heterocycles. The quantitative estimate of drug-likeness (QED) is 0.525. The van der Waals surface area contributed by atoms with Crippen LogP contribution in [-0.2, 0) is 0 Å². The van der Waals surface area contributed by atoms with E-state index in [1.807, 2.05) is 30.3 Å². The zero-order valence-electron chi connectivity index (χ0n) is 11.2. The Balaban J connectivity index is 2.00. The van der Waals surface area contributed by atoms with Crippen molar-refractivity contribution < 1.29 is 4.74 Å². The van der Waals surface area contributed by atoms with Gasteiger partial charge in [0.15, 0.2) is 0 Å². The van der Waals surface area contributed by atoms with E-state index in [9.17, 15) is 0 Å². The van der Waals surface area contributed by atoms with Crippen molar-refractivity contribution in [2.75, 3.05) is 12.5 Å². The van der Waals surface area contributed by atoms with Crippen LogP contribution in [0.25, 0.3) is 16.7 Å². The fourth-order valence-electron chi connectivity index (χ4n) is 1.97. The third kappa shape index (κ3) is 3.12. The molecule has 0 amide bonds. The molecule has 0 spiro atoms. The van der Waals surface area contributed by atoms with Crippen LogP contribution in [0.5, 0.6) is 5.75 Å². The molecule has 0 aliphatic heterocycles. The van der Waals surface area contributed by atoms with E-state index in [0.717, 1.165) is 17.5 Å². The molecule has 2 aromatic carbocycles. The van der Waals surface area contributed by atoms with Crippen LogP contribution in [0.4, 0.5) is 0 Å². The third-order valence-electron chi connectivity index (χ3n) is 2.96. The Bertz CT molecular complexity index is 725. The van der Waals surface area contributed by atoms with E-state index in [0.29, 0.717) is 28.9 Å². The van der Waals surface area contributed by atoms with Crippen LogP contribution in [0.1, 0.15) is 6.42 Å². The zero-order chi connectivity index (χ0) is 14.7. The van der Waals surface area contributed by atoms with Crippen molar-refractivity contribution in [3.05, 3.63) is 47.5 Å². The van der Waals surface area contributed by atoms with Crippen molar-refractivity contribution in [2.45, 2.75) is 6.42 Å². The maximum absolute atomic E-state index is 6.08. The number of hydrogen-bond acceptors (Lipinski definition) is 3. The first-order valence-corrected chi connectivity index (χ1v) is 7.50. The topological polar surface area (TPSA) is 39.9 Å². The average Bonchev–Trinajstić information content (AvgIpc) is 2.92. The SMILES string of the molecule is ClCCCOc1ccc(Cl)cc1-n1nc2ccccc2n1. The largest absolute Gasteiger partial charge is 0.491 e. The molecule has 21 heavy (non-hydrogen) atoms. The van der Waals surface area contributed by atoms with Gasteiger partial charge in [0.25, 0.3) is 0 Å². The number of hydrogen-bond donors (Lipinski definition) is 0. The van der Waals surface area contributed by atoms with Gasteiger partial charge >= 0.3 is 0 Å². The van der Waals surface area contributed by atoms with Gasteiger partial charge in [-0.25, -0.2) is 0 Å². The van der Waals surface area contributed by atoms with E-state index in [2.05, 4.69) is 10.2 Å². The molecular formula is C15H13Cl2N3O. The second-order valence-electron chi connectivity index (χ2n) is 4.48. The lowest BCUT2D eigenvalue weighted by atomic mass is 10.3. The summed E-state index contributed by atoms with van der Waals surface area (Å²) in [4.78, 5) is 1.55. The van der Waals surface area contributed by atoms with Gasteiger partial charge in [-0.15, -0.1) is 26.6 Å². The summed E-state index contributed by atoms with van der Waals surface area (Å²) < 4.78 is 5.74. The molecule has 6 heteroatoms. The smallest absolute Gasteiger partial charge is 0.146 e. The van der Waals surface area contributed by atoms with Crippen molar-refractivity contribution in [1.82, 2.24) is 15.0 Å². The predicted molar refractivity (Wildman–Crippen MR) is 84.7 cm³/mol. The summed E-state index contributed by atoms with van der Waals surface area (Å²) in [7, 11) is 0. The van der Waals surface area contributed by atoms with E-state index in [4.69, 9.17) is 27.9 Å². The van der Waals surface area contributed by atoms with Crippen molar-refractivity contribution >= 4 is 34.2 Å². The lowest BCUT2D eigenvalue weighted by Crippen LogP contribution is -2.05. The molecule has 3 aromatic rings. The van der Waals surface area contributed by atoms with Crippen LogP contribution in [-0.4, -0.2) is 27.5 Å². The molecular weight excluding hydrogens is 309 g/mol. The van der Waals surface area contributed by atoms with E-state index >= 15 is 0 Å². The van der Waals surface area contributed by atoms with Gasteiger partial charge in [0, 0.05) is 10.9 Å². The molecule has 0 aliphatic rings. The summed E-state index contributed by atoms with van der Waals surface area (Å²) in [6.45, 7) is 0.541. The number of fused-ring (bicyclic) bond motifs is 1. The third-order valence-corrected chi connectivity index (χ3v) is 3.46. The molecule has 0 N–H and O–H groups in total. The molecule has 0 radical (unpaired) electrons. The summed E-state index contributed by atoms with van der Waals surface area (Å²) in [6.07, 6.45) is 0.776. The number of halogens is 2. The van der Waals surface area contributed by atoms with Gasteiger partial charge < -0.3 is 4.74 Å². The molecule has 0 fully saturated rings. The first-order valence-electron chi connectivity index (χ1n) is 6.59. The molecule has 4 nitrogen and oxygen atoms in total. The highest BCUT2D eigenvalue weighted by molar-refractivity contribution is 6.30. The molecule has 0 saturated carbocycles.